The summed E-state index contributed by atoms with van der Waals surface area (Å²) in [5.41, 5.74) is 6.18. The highest BCUT2D eigenvalue weighted by Crippen LogP contribution is 2.24. The summed E-state index contributed by atoms with van der Waals surface area (Å²) in [6.07, 6.45) is 0. The van der Waals surface area contributed by atoms with Crippen LogP contribution in [0.25, 0.3) is 0 Å². The second-order valence-electron chi connectivity index (χ2n) is 4.19. The highest BCUT2D eigenvalue weighted by molar-refractivity contribution is 6.07. The molecule has 0 fully saturated rings. The molecule has 0 aliphatic rings. The molecule has 0 spiro atoms. The summed E-state index contributed by atoms with van der Waals surface area (Å²) in [4.78, 5) is 12.2. The summed E-state index contributed by atoms with van der Waals surface area (Å²) >= 11 is 0. The van der Waals surface area contributed by atoms with E-state index in [0.29, 0.717) is 11.4 Å². The zero-order valence-electron chi connectivity index (χ0n) is 11.2. The van der Waals surface area contributed by atoms with Crippen molar-refractivity contribution in [3.63, 3.8) is 0 Å². The van der Waals surface area contributed by atoms with Crippen molar-refractivity contribution in [2.75, 3.05) is 18.2 Å². The van der Waals surface area contributed by atoms with Crippen molar-refractivity contribution in [3.8, 4) is 11.8 Å². The summed E-state index contributed by atoms with van der Waals surface area (Å²) in [7, 11) is 1.41. The molecule has 2 rings (SSSR count). The van der Waals surface area contributed by atoms with Gasteiger partial charge in [0, 0.05) is 11.8 Å². The molecular weight excluding hydrogens is 273 g/mol. The van der Waals surface area contributed by atoms with E-state index in [1.54, 1.807) is 12.1 Å². The number of nitriles is 1. The average molecular weight is 285 g/mol. The number of rotatable bonds is 3. The van der Waals surface area contributed by atoms with E-state index in [1.165, 1.54) is 31.4 Å². The molecule has 0 aromatic heterocycles. The fourth-order valence-corrected chi connectivity index (χ4v) is 1.83. The monoisotopic (exact) mass is 285 g/mol. The Bertz CT molecular complexity index is 738. The van der Waals surface area contributed by atoms with E-state index < -0.39 is 11.7 Å². The van der Waals surface area contributed by atoms with Crippen molar-refractivity contribution in [1.82, 2.24) is 0 Å². The van der Waals surface area contributed by atoms with Gasteiger partial charge in [0.15, 0.2) is 0 Å². The largest absolute Gasteiger partial charge is 0.496 e. The Morgan fingerprint density at radius 2 is 2.14 bits per heavy atom. The molecule has 21 heavy (non-hydrogen) atoms. The molecule has 5 nitrogen and oxygen atoms in total. The third-order valence-corrected chi connectivity index (χ3v) is 2.84. The number of anilines is 2. The first kappa shape index (κ1) is 14.3. The second-order valence-corrected chi connectivity index (χ2v) is 4.19. The number of hydrogen-bond donors (Lipinski definition) is 2. The number of nitrogens with two attached hydrogens (primary N) is 1. The van der Waals surface area contributed by atoms with Crippen molar-refractivity contribution in [1.29, 1.82) is 5.26 Å². The van der Waals surface area contributed by atoms with Gasteiger partial charge in [0.25, 0.3) is 5.91 Å². The van der Waals surface area contributed by atoms with E-state index in [1.807, 2.05) is 0 Å². The van der Waals surface area contributed by atoms with Gasteiger partial charge in [0.05, 0.1) is 18.4 Å². The predicted octanol–water partition coefficient (Wildman–Crippen LogP) is 2.54. The lowest BCUT2D eigenvalue weighted by Gasteiger charge is -2.11. The maximum Gasteiger partial charge on any atom is 0.259 e. The molecule has 0 aliphatic carbocycles. The van der Waals surface area contributed by atoms with Crippen LogP contribution in [0.5, 0.6) is 5.75 Å². The number of nitrogens with one attached hydrogen (secondary N) is 1. The second kappa shape index (κ2) is 5.92. The van der Waals surface area contributed by atoms with Crippen molar-refractivity contribution < 1.29 is 13.9 Å². The van der Waals surface area contributed by atoms with Crippen LogP contribution in [0.1, 0.15) is 15.9 Å². The maximum absolute atomic E-state index is 13.5. The van der Waals surface area contributed by atoms with Crippen LogP contribution in [0.4, 0.5) is 15.8 Å². The van der Waals surface area contributed by atoms with Crippen LogP contribution < -0.4 is 15.8 Å². The lowest BCUT2D eigenvalue weighted by molar-refractivity contribution is 0.102. The van der Waals surface area contributed by atoms with Crippen molar-refractivity contribution >= 4 is 17.3 Å². The fraction of sp³-hybridized carbons (Fsp3) is 0.0667. The minimum absolute atomic E-state index is 0.0985. The SMILES string of the molecule is COc1cc(N)ccc1C(=O)Nc1cccc(F)c1C#N. The Balaban J connectivity index is 2.36. The number of hydrogen-bond acceptors (Lipinski definition) is 4. The van der Waals surface area contributed by atoms with Gasteiger partial charge in [-0.25, -0.2) is 4.39 Å². The molecule has 2 aromatic carbocycles. The van der Waals surface area contributed by atoms with Crippen LogP contribution >= 0.6 is 0 Å². The van der Waals surface area contributed by atoms with Crippen LogP contribution in [-0.2, 0) is 0 Å². The quantitative estimate of drug-likeness (QED) is 0.848. The van der Waals surface area contributed by atoms with Gasteiger partial charge in [0.1, 0.15) is 23.2 Å². The summed E-state index contributed by atoms with van der Waals surface area (Å²) in [6.45, 7) is 0. The molecule has 106 valence electrons. The van der Waals surface area contributed by atoms with Crippen molar-refractivity contribution in [3.05, 3.63) is 53.3 Å². The highest BCUT2D eigenvalue weighted by Gasteiger charge is 2.15. The number of halogens is 1. The van der Waals surface area contributed by atoms with Gasteiger partial charge in [-0.15, -0.1) is 0 Å². The first-order chi connectivity index (χ1) is 10.1. The lowest BCUT2D eigenvalue weighted by Crippen LogP contribution is -2.14. The van der Waals surface area contributed by atoms with E-state index in [0.717, 1.165) is 6.07 Å². The van der Waals surface area contributed by atoms with Crippen LogP contribution in [0.2, 0.25) is 0 Å². The molecular formula is C15H12FN3O2. The van der Waals surface area contributed by atoms with Gasteiger partial charge in [-0.1, -0.05) is 6.07 Å². The molecule has 0 saturated heterocycles. The fourth-order valence-electron chi connectivity index (χ4n) is 1.83. The van der Waals surface area contributed by atoms with Crippen molar-refractivity contribution in [2.45, 2.75) is 0 Å². The van der Waals surface area contributed by atoms with E-state index in [4.69, 9.17) is 15.7 Å². The Hall–Kier alpha value is -3.07. The normalized spacial score (nSPS) is 9.76. The molecule has 0 saturated carbocycles. The highest BCUT2D eigenvalue weighted by atomic mass is 19.1. The molecule has 6 heteroatoms. The molecule has 0 atom stereocenters. The van der Waals surface area contributed by atoms with Crippen LogP contribution in [0.15, 0.2) is 36.4 Å². The standard InChI is InChI=1S/C15H12FN3O2/c1-21-14-7-9(18)5-6-10(14)15(20)19-13-4-2-3-12(16)11(13)8-17/h2-7H,18H2,1H3,(H,19,20). The summed E-state index contributed by atoms with van der Waals surface area (Å²) in [5, 5.41) is 11.4. The van der Waals surface area contributed by atoms with Crippen LogP contribution in [0.3, 0.4) is 0 Å². The molecule has 0 heterocycles. The van der Waals surface area contributed by atoms with E-state index in [9.17, 15) is 9.18 Å². The number of ether oxygens (including phenoxy) is 1. The molecule has 2 aromatic rings. The summed E-state index contributed by atoms with van der Waals surface area (Å²) < 4.78 is 18.6. The van der Waals surface area contributed by atoms with Gasteiger partial charge in [0.2, 0.25) is 0 Å². The minimum atomic E-state index is -0.695. The van der Waals surface area contributed by atoms with Gasteiger partial charge >= 0.3 is 0 Å². The first-order valence-electron chi connectivity index (χ1n) is 6.00. The van der Waals surface area contributed by atoms with Gasteiger partial charge in [-0.3, -0.25) is 4.79 Å². The topological polar surface area (TPSA) is 88.1 Å². The van der Waals surface area contributed by atoms with Crippen LogP contribution in [-0.4, -0.2) is 13.0 Å². The maximum atomic E-state index is 13.5. The minimum Gasteiger partial charge on any atom is -0.496 e. The first-order valence-corrected chi connectivity index (χ1v) is 6.00. The van der Waals surface area contributed by atoms with E-state index >= 15 is 0 Å². The van der Waals surface area contributed by atoms with E-state index in [-0.39, 0.29) is 16.8 Å². The van der Waals surface area contributed by atoms with Gasteiger partial charge < -0.3 is 15.8 Å². The number of methoxy groups -OCH3 is 1. The Morgan fingerprint density at radius 3 is 2.81 bits per heavy atom. The van der Waals surface area contributed by atoms with Gasteiger partial charge in [-0.05, 0) is 24.3 Å². The summed E-state index contributed by atoms with van der Waals surface area (Å²) in [5.74, 6) is -0.920. The zero-order valence-corrected chi connectivity index (χ0v) is 11.2. The number of carbonyl (C=O) groups excluding carboxylic acids is 1. The Kier molecular flexibility index (Phi) is 4.05. The number of nitrogens with zero attached hydrogens (tertiary/aromatic N) is 1. The molecule has 0 unspecified atom stereocenters. The number of benzene rings is 2. The smallest absolute Gasteiger partial charge is 0.259 e. The molecule has 1 amide bonds. The third-order valence-electron chi connectivity index (χ3n) is 2.84. The number of carbonyl (C=O) groups is 1. The predicted molar refractivity (Wildman–Crippen MR) is 76.5 cm³/mol. The number of nitrogen functional groups attached to an aromatic ring is 1. The molecule has 0 aliphatic heterocycles. The molecule has 3 N–H and O–H groups in total. The van der Waals surface area contributed by atoms with Gasteiger partial charge in [-0.2, -0.15) is 5.26 Å². The molecule has 0 radical (unpaired) electrons. The van der Waals surface area contributed by atoms with Crippen LogP contribution in [0, 0.1) is 17.1 Å². The lowest BCUT2D eigenvalue weighted by atomic mass is 10.1. The average Bonchev–Trinajstić information content (AvgIpc) is 2.47. The zero-order chi connectivity index (χ0) is 15.4. The Labute approximate surface area is 120 Å². The Morgan fingerprint density at radius 1 is 1.38 bits per heavy atom. The van der Waals surface area contributed by atoms with E-state index in [2.05, 4.69) is 5.32 Å². The summed E-state index contributed by atoms with van der Waals surface area (Å²) in [6, 6.07) is 10.3. The van der Waals surface area contributed by atoms with Crippen molar-refractivity contribution in [2.24, 2.45) is 0 Å². The molecule has 0 bridgehead atoms. The number of amides is 1. The third kappa shape index (κ3) is 2.92.